The molecule has 1 aromatic heterocycles. The topological polar surface area (TPSA) is 68.3 Å². The molecule has 6 nitrogen and oxygen atoms in total. The van der Waals surface area contributed by atoms with Gasteiger partial charge in [0.2, 0.25) is 5.89 Å². The van der Waals surface area contributed by atoms with Gasteiger partial charge in [-0.15, -0.1) is 5.10 Å². The lowest BCUT2D eigenvalue weighted by atomic mass is 10.1. The van der Waals surface area contributed by atoms with Crippen LogP contribution >= 0.6 is 12.2 Å². The second-order valence-electron chi connectivity index (χ2n) is 6.09. The van der Waals surface area contributed by atoms with Gasteiger partial charge < -0.3 is 4.42 Å². The minimum Gasteiger partial charge on any atom is -0.409 e. The Bertz CT molecular complexity index is 886. The predicted octanol–water partition coefficient (Wildman–Crippen LogP) is 2.65. The molecule has 0 unspecified atom stereocenters. The lowest BCUT2D eigenvalue weighted by molar-refractivity contribution is 0.162. The van der Waals surface area contributed by atoms with Gasteiger partial charge in [0.15, 0.2) is 9.84 Å². The SMILES string of the molecule is CCN(Cn1nc(-c2ccccc2C)oc1=S)[C@@H]1CCS(=O)(=O)C1. The molecule has 0 bridgehead atoms. The van der Waals surface area contributed by atoms with Crippen molar-refractivity contribution in [3.8, 4) is 11.5 Å². The van der Waals surface area contributed by atoms with Gasteiger partial charge in [0.25, 0.3) is 4.84 Å². The fourth-order valence-corrected chi connectivity index (χ4v) is 4.97. The highest BCUT2D eigenvalue weighted by atomic mass is 32.2. The molecule has 130 valence electrons. The van der Waals surface area contributed by atoms with Gasteiger partial charge in [0, 0.05) is 11.6 Å². The molecule has 0 spiro atoms. The Hall–Kier alpha value is -1.51. The van der Waals surface area contributed by atoms with Crippen LogP contribution in [0.25, 0.3) is 11.5 Å². The lowest BCUT2D eigenvalue weighted by Gasteiger charge is -2.25. The van der Waals surface area contributed by atoms with E-state index in [0.717, 1.165) is 17.7 Å². The monoisotopic (exact) mass is 367 g/mol. The minimum atomic E-state index is -2.92. The minimum absolute atomic E-state index is 0.0144. The summed E-state index contributed by atoms with van der Waals surface area (Å²) in [6.45, 7) is 5.17. The van der Waals surface area contributed by atoms with Gasteiger partial charge in [-0.25, -0.2) is 13.1 Å². The van der Waals surface area contributed by atoms with Crippen molar-refractivity contribution in [2.75, 3.05) is 18.1 Å². The summed E-state index contributed by atoms with van der Waals surface area (Å²) in [5.74, 6) is 0.956. The van der Waals surface area contributed by atoms with E-state index in [9.17, 15) is 8.42 Å². The molecular weight excluding hydrogens is 346 g/mol. The molecule has 0 radical (unpaired) electrons. The van der Waals surface area contributed by atoms with Crippen LogP contribution in [-0.2, 0) is 16.5 Å². The summed E-state index contributed by atoms with van der Waals surface area (Å²) in [6.07, 6.45) is 0.659. The Morgan fingerprint density at radius 2 is 2.17 bits per heavy atom. The molecule has 1 fully saturated rings. The molecule has 0 amide bonds. The summed E-state index contributed by atoms with van der Waals surface area (Å²) in [5.41, 5.74) is 1.98. The maximum absolute atomic E-state index is 11.7. The number of benzene rings is 1. The predicted molar refractivity (Wildman–Crippen MR) is 94.9 cm³/mol. The first-order valence-corrected chi connectivity index (χ1v) is 10.2. The third-order valence-electron chi connectivity index (χ3n) is 4.43. The van der Waals surface area contributed by atoms with Crippen molar-refractivity contribution >= 4 is 22.1 Å². The van der Waals surface area contributed by atoms with Gasteiger partial charge in [-0.3, -0.25) is 4.90 Å². The van der Waals surface area contributed by atoms with E-state index in [1.807, 2.05) is 38.1 Å². The van der Waals surface area contributed by atoms with E-state index in [1.165, 1.54) is 0 Å². The molecule has 1 aliphatic heterocycles. The molecule has 8 heteroatoms. The van der Waals surface area contributed by atoms with Gasteiger partial charge in [-0.2, -0.15) is 0 Å². The van der Waals surface area contributed by atoms with Crippen LogP contribution in [0.4, 0.5) is 0 Å². The zero-order valence-corrected chi connectivity index (χ0v) is 15.4. The van der Waals surface area contributed by atoms with E-state index in [4.69, 9.17) is 16.6 Å². The van der Waals surface area contributed by atoms with Crippen LogP contribution in [0.1, 0.15) is 18.9 Å². The highest BCUT2D eigenvalue weighted by molar-refractivity contribution is 7.91. The summed E-state index contributed by atoms with van der Waals surface area (Å²) in [7, 11) is -2.92. The Labute approximate surface area is 147 Å². The Morgan fingerprint density at radius 3 is 2.79 bits per heavy atom. The zero-order chi connectivity index (χ0) is 17.3. The van der Waals surface area contributed by atoms with E-state index in [-0.39, 0.29) is 17.5 Å². The molecule has 0 saturated carbocycles. The van der Waals surface area contributed by atoms with Crippen LogP contribution in [0.2, 0.25) is 0 Å². The number of hydrogen-bond acceptors (Lipinski definition) is 6. The van der Waals surface area contributed by atoms with Crippen molar-refractivity contribution in [1.29, 1.82) is 0 Å². The number of nitrogens with zero attached hydrogens (tertiary/aromatic N) is 3. The quantitative estimate of drug-likeness (QED) is 0.757. The molecule has 0 aliphatic carbocycles. The van der Waals surface area contributed by atoms with Crippen molar-refractivity contribution in [3.05, 3.63) is 34.7 Å². The number of rotatable bonds is 5. The van der Waals surface area contributed by atoms with E-state index in [0.29, 0.717) is 23.8 Å². The largest absolute Gasteiger partial charge is 0.409 e. The van der Waals surface area contributed by atoms with E-state index >= 15 is 0 Å². The summed E-state index contributed by atoms with van der Waals surface area (Å²) in [4.78, 5) is 2.39. The summed E-state index contributed by atoms with van der Waals surface area (Å²) >= 11 is 5.29. The number of sulfone groups is 1. The van der Waals surface area contributed by atoms with E-state index < -0.39 is 9.84 Å². The maximum atomic E-state index is 11.7. The second-order valence-corrected chi connectivity index (χ2v) is 8.67. The second kappa shape index (κ2) is 6.78. The first kappa shape index (κ1) is 17.3. The molecular formula is C16H21N3O3S2. The molecule has 1 aromatic carbocycles. The average Bonchev–Trinajstić information content (AvgIpc) is 3.08. The normalized spacial score (nSPS) is 19.9. The standard InChI is InChI=1S/C16H21N3O3S2/c1-3-18(13-8-9-24(20,21)10-13)11-19-16(23)22-15(17-19)14-7-5-4-6-12(14)2/h4-7,13H,3,8-11H2,1-2H3/t13-/m1/s1. The highest BCUT2D eigenvalue weighted by Gasteiger charge is 2.32. The summed E-state index contributed by atoms with van der Waals surface area (Å²) < 4.78 is 30.7. The number of hydrogen-bond donors (Lipinski definition) is 0. The first-order chi connectivity index (χ1) is 11.4. The first-order valence-electron chi connectivity index (χ1n) is 7.98. The average molecular weight is 367 g/mol. The van der Waals surface area contributed by atoms with Crippen LogP contribution in [0.15, 0.2) is 28.7 Å². The van der Waals surface area contributed by atoms with Gasteiger partial charge in [-0.1, -0.05) is 25.1 Å². The van der Waals surface area contributed by atoms with Crippen LogP contribution < -0.4 is 0 Å². The maximum Gasteiger partial charge on any atom is 0.288 e. The zero-order valence-electron chi connectivity index (χ0n) is 13.8. The van der Waals surface area contributed by atoms with Gasteiger partial charge in [0.1, 0.15) is 0 Å². The van der Waals surface area contributed by atoms with Crippen molar-refractivity contribution in [3.63, 3.8) is 0 Å². The third-order valence-corrected chi connectivity index (χ3v) is 6.47. The number of aromatic nitrogens is 2. The summed E-state index contributed by atoms with van der Waals surface area (Å²) in [5, 5.41) is 4.49. The Morgan fingerprint density at radius 1 is 1.42 bits per heavy atom. The van der Waals surface area contributed by atoms with Crippen LogP contribution in [0.3, 0.4) is 0 Å². The third kappa shape index (κ3) is 3.60. The molecule has 24 heavy (non-hydrogen) atoms. The van der Waals surface area contributed by atoms with E-state index in [2.05, 4.69) is 10.00 Å². The van der Waals surface area contributed by atoms with Gasteiger partial charge in [0.05, 0.1) is 18.2 Å². The molecule has 2 heterocycles. The fourth-order valence-electron chi connectivity index (χ4n) is 3.03. The highest BCUT2D eigenvalue weighted by Crippen LogP contribution is 2.23. The van der Waals surface area contributed by atoms with Gasteiger partial charge >= 0.3 is 0 Å². The van der Waals surface area contributed by atoms with Crippen molar-refractivity contribution in [2.24, 2.45) is 0 Å². The Balaban J connectivity index is 1.83. The van der Waals surface area contributed by atoms with Crippen molar-refractivity contribution in [1.82, 2.24) is 14.7 Å². The molecule has 1 saturated heterocycles. The Kier molecular flexibility index (Phi) is 4.89. The van der Waals surface area contributed by atoms with Gasteiger partial charge in [-0.05, 0) is 43.7 Å². The summed E-state index contributed by atoms with van der Waals surface area (Å²) in [6, 6.07) is 7.85. The van der Waals surface area contributed by atoms with Crippen molar-refractivity contribution < 1.29 is 12.8 Å². The number of aryl methyl sites for hydroxylation is 1. The molecule has 3 rings (SSSR count). The molecule has 0 N–H and O–H groups in total. The van der Waals surface area contributed by atoms with Crippen LogP contribution in [0.5, 0.6) is 0 Å². The van der Waals surface area contributed by atoms with E-state index in [1.54, 1.807) is 4.68 Å². The molecule has 1 aliphatic rings. The lowest BCUT2D eigenvalue weighted by Crippen LogP contribution is -2.37. The molecule has 2 aromatic rings. The molecule has 1 atom stereocenters. The van der Waals surface area contributed by atoms with Crippen molar-refractivity contribution in [2.45, 2.75) is 33.0 Å². The smallest absolute Gasteiger partial charge is 0.288 e. The fraction of sp³-hybridized carbons (Fsp3) is 0.500. The van der Waals surface area contributed by atoms with Crippen LogP contribution in [0, 0.1) is 11.8 Å². The van der Waals surface area contributed by atoms with Crippen LogP contribution in [-0.4, -0.2) is 47.2 Å².